The molecular weight excluding hydrogens is 254 g/mol. The summed E-state index contributed by atoms with van der Waals surface area (Å²) in [4.78, 5) is 26.4. The van der Waals surface area contributed by atoms with Crippen molar-refractivity contribution in [1.29, 1.82) is 0 Å². The van der Waals surface area contributed by atoms with Gasteiger partial charge in [0.1, 0.15) is 0 Å². The van der Waals surface area contributed by atoms with Gasteiger partial charge in [-0.2, -0.15) is 0 Å². The minimum atomic E-state index is -0.562. The number of hydrogen-bond acceptors (Lipinski definition) is 3. The Morgan fingerprint density at radius 1 is 1.30 bits per heavy atom. The second kappa shape index (κ2) is 5.27. The first-order valence-corrected chi connectivity index (χ1v) is 7.27. The standard InChI is InChI=1S/C16H19NO3/c1-2-20-16(19)14-13-6-4-3-5-11(13)9-10-17(14)15(18)12-7-8-12/h3-6,12,14H,2,7-10H2,1H3/t14-/m0/s1. The van der Waals surface area contributed by atoms with Crippen LogP contribution in [0.3, 0.4) is 0 Å². The van der Waals surface area contributed by atoms with Gasteiger partial charge in [-0.3, -0.25) is 4.79 Å². The van der Waals surface area contributed by atoms with Crippen LogP contribution in [0, 0.1) is 5.92 Å². The van der Waals surface area contributed by atoms with E-state index in [9.17, 15) is 9.59 Å². The lowest BCUT2D eigenvalue weighted by atomic mass is 9.92. The quantitative estimate of drug-likeness (QED) is 0.792. The molecule has 0 saturated heterocycles. The van der Waals surface area contributed by atoms with Gasteiger partial charge in [-0.1, -0.05) is 24.3 Å². The molecule has 1 aromatic rings. The van der Waals surface area contributed by atoms with Crippen molar-refractivity contribution >= 4 is 11.9 Å². The molecule has 2 aliphatic rings. The second-order valence-electron chi connectivity index (χ2n) is 5.41. The van der Waals surface area contributed by atoms with Crippen molar-refractivity contribution in [3.63, 3.8) is 0 Å². The lowest BCUT2D eigenvalue weighted by molar-refractivity contribution is -0.156. The Morgan fingerprint density at radius 2 is 2.05 bits per heavy atom. The summed E-state index contributed by atoms with van der Waals surface area (Å²) in [5.74, 6) is -0.0802. The minimum Gasteiger partial charge on any atom is -0.464 e. The molecule has 4 heteroatoms. The Bertz CT molecular complexity index is 536. The summed E-state index contributed by atoms with van der Waals surface area (Å²) in [5.41, 5.74) is 2.07. The van der Waals surface area contributed by atoms with E-state index in [0.717, 1.165) is 30.4 Å². The van der Waals surface area contributed by atoms with E-state index in [2.05, 4.69) is 0 Å². The Hall–Kier alpha value is -1.84. The monoisotopic (exact) mass is 273 g/mol. The average Bonchev–Trinajstić information content (AvgIpc) is 3.30. The molecule has 1 atom stereocenters. The maximum Gasteiger partial charge on any atom is 0.333 e. The second-order valence-corrected chi connectivity index (χ2v) is 5.41. The zero-order valence-corrected chi connectivity index (χ0v) is 11.7. The van der Waals surface area contributed by atoms with Crippen molar-refractivity contribution in [3.8, 4) is 0 Å². The van der Waals surface area contributed by atoms with Crippen molar-refractivity contribution in [2.45, 2.75) is 32.2 Å². The fourth-order valence-corrected chi connectivity index (χ4v) is 2.84. The number of carbonyl (C=O) groups is 2. The van der Waals surface area contributed by atoms with Gasteiger partial charge in [-0.05, 0) is 37.3 Å². The number of nitrogens with zero attached hydrogens (tertiary/aromatic N) is 1. The molecule has 0 bridgehead atoms. The third-order valence-electron chi connectivity index (χ3n) is 4.00. The number of fused-ring (bicyclic) bond motifs is 1. The Balaban J connectivity index is 1.94. The topological polar surface area (TPSA) is 46.6 Å². The molecule has 20 heavy (non-hydrogen) atoms. The predicted octanol–water partition coefficient (Wildman–Crippen LogP) is 2.09. The van der Waals surface area contributed by atoms with E-state index >= 15 is 0 Å². The van der Waals surface area contributed by atoms with Crippen LogP contribution in [0.2, 0.25) is 0 Å². The molecule has 3 rings (SSSR count). The predicted molar refractivity (Wildman–Crippen MR) is 74.0 cm³/mol. The first kappa shape index (κ1) is 13.2. The molecule has 0 N–H and O–H groups in total. The molecule has 1 aromatic carbocycles. The molecule has 1 amide bonds. The number of ether oxygens (including phenoxy) is 1. The third-order valence-corrected chi connectivity index (χ3v) is 4.00. The summed E-state index contributed by atoms with van der Waals surface area (Å²) in [6.07, 6.45) is 2.71. The van der Waals surface area contributed by atoms with E-state index in [1.54, 1.807) is 11.8 Å². The van der Waals surface area contributed by atoms with Gasteiger partial charge < -0.3 is 9.64 Å². The molecule has 0 spiro atoms. The molecular formula is C16H19NO3. The van der Waals surface area contributed by atoms with Crippen molar-refractivity contribution in [2.24, 2.45) is 5.92 Å². The van der Waals surface area contributed by atoms with Gasteiger partial charge in [0, 0.05) is 12.5 Å². The third kappa shape index (κ3) is 2.30. The highest BCUT2D eigenvalue weighted by atomic mass is 16.5. The van der Waals surface area contributed by atoms with E-state index in [4.69, 9.17) is 4.74 Å². The van der Waals surface area contributed by atoms with Crippen LogP contribution in [0.25, 0.3) is 0 Å². The number of benzene rings is 1. The van der Waals surface area contributed by atoms with Crippen LogP contribution in [0.4, 0.5) is 0 Å². The van der Waals surface area contributed by atoms with E-state index in [1.807, 2.05) is 24.3 Å². The molecule has 0 unspecified atom stereocenters. The lowest BCUT2D eigenvalue weighted by Crippen LogP contribution is -2.44. The zero-order chi connectivity index (χ0) is 14.1. The largest absolute Gasteiger partial charge is 0.464 e. The molecule has 4 nitrogen and oxygen atoms in total. The Morgan fingerprint density at radius 3 is 2.75 bits per heavy atom. The first-order valence-electron chi connectivity index (χ1n) is 7.27. The Kier molecular flexibility index (Phi) is 3.47. The summed E-state index contributed by atoms with van der Waals surface area (Å²) >= 11 is 0. The summed E-state index contributed by atoms with van der Waals surface area (Å²) in [6, 6.07) is 7.28. The molecule has 0 radical (unpaired) electrons. The van der Waals surface area contributed by atoms with Crippen molar-refractivity contribution in [2.75, 3.05) is 13.2 Å². The summed E-state index contributed by atoms with van der Waals surface area (Å²) in [6.45, 7) is 2.73. The highest BCUT2D eigenvalue weighted by molar-refractivity contribution is 5.88. The van der Waals surface area contributed by atoms with Crippen LogP contribution in [-0.2, 0) is 20.7 Å². The van der Waals surface area contributed by atoms with E-state index in [1.165, 1.54) is 0 Å². The molecule has 1 fully saturated rings. The molecule has 0 aromatic heterocycles. The summed E-state index contributed by atoms with van der Waals surface area (Å²) < 4.78 is 5.19. The fourth-order valence-electron chi connectivity index (χ4n) is 2.84. The van der Waals surface area contributed by atoms with E-state index in [0.29, 0.717) is 13.2 Å². The minimum absolute atomic E-state index is 0.109. The maximum absolute atomic E-state index is 12.4. The van der Waals surface area contributed by atoms with E-state index < -0.39 is 6.04 Å². The van der Waals surface area contributed by atoms with Gasteiger partial charge in [-0.25, -0.2) is 4.79 Å². The van der Waals surface area contributed by atoms with E-state index in [-0.39, 0.29) is 17.8 Å². The first-order chi connectivity index (χ1) is 9.72. The SMILES string of the molecule is CCOC(=O)[C@@H]1c2ccccc2CCN1C(=O)C1CC1. The number of carbonyl (C=O) groups excluding carboxylic acids is 2. The highest BCUT2D eigenvalue weighted by Gasteiger charge is 2.42. The normalized spacial score (nSPS) is 21.2. The van der Waals surface area contributed by atoms with Gasteiger partial charge in [-0.15, -0.1) is 0 Å². The van der Waals surface area contributed by atoms with Crippen molar-refractivity contribution in [1.82, 2.24) is 4.90 Å². The van der Waals surface area contributed by atoms with Crippen molar-refractivity contribution in [3.05, 3.63) is 35.4 Å². The number of amides is 1. The van der Waals surface area contributed by atoms with Gasteiger partial charge in [0.25, 0.3) is 0 Å². The van der Waals surface area contributed by atoms with Crippen LogP contribution in [0.15, 0.2) is 24.3 Å². The smallest absolute Gasteiger partial charge is 0.333 e. The lowest BCUT2D eigenvalue weighted by Gasteiger charge is -2.35. The molecule has 1 saturated carbocycles. The van der Waals surface area contributed by atoms with Gasteiger partial charge >= 0.3 is 5.97 Å². The highest BCUT2D eigenvalue weighted by Crippen LogP contribution is 2.37. The molecule has 106 valence electrons. The molecule has 1 aliphatic carbocycles. The number of rotatable bonds is 3. The maximum atomic E-state index is 12.4. The van der Waals surface area contributed by atoms with Crippen molar-refractivity contribution < 1.29 is 14.3 Å². The van der Waals surface area contributed by atoms with Gasteiger partial charge in [0.2, 0.25) is 5.91 Å². The van der Waals surface area contributed by atoms with Crippen LogP contribution < -0.4 is 0 Å². The van der Waals surface area contributed by atoms with Crippen LogP contribution in [0.5, 0.6) is 0 Å². The zero-order valence-electron chi connectivity index (χ0n) is 11.7. The fraction of sp³-hybridized carbons (Fsp3) is 0.500. The van der Waals surface area contributed by atoms with Crippen LogP contribution >= 0.6 is 0 Å². The summed E-state index contributed by atoms with van der Waals surface area (Å²) in [5, 5.41) is 0. The molecule has 1 aliphatic heterocycles. The van der Waals surface area contributed by atoms with Crippen LogP contribution in [-0.4, -0.2) is 29.9 Å². The number of hydrogen-bond donors (Lipinski definition) is 0. The Labute approximate surface area is 118 Å². The molecule has 1 heterocycles. The number of esters is 1. The van der Waals surface area contributed by atoms with Gasteiger partial charge in [0.15, 0.2) is 6.04 Å². The average molecular weight is 273 g/mol. The van der Waals surface area contributed by atoms with Gasteiger partial charge in [0.05, 0.1) is 6.61 Å². The van der Waals surface area contributed by atoms with Crippen LogP contribution in [0.1, 0.15) is 36.9 Å². The summed E-state index contributed by atoms with van der Waals surface area (Å²) in [7, 11) is 0.